The summed E-state index contributed by atoms with van der Waals surface area (Å²) in [5, 5.41) is 0. The van der Waals surface area contributed by atoms with Gasteiger partial charge in [-0.25, -0.2) is 9.97 Å². The molecule has 3 rings (SSSR count). The van der Waals surface area contributed by atoms with Crippen LogP contribution in [-0.2, 0) is 0 Å². The van der Waals surface area contributed by atoms with Crippen LogP contribution in [0.4, 0.5) is 5.82 Å². The molecule has 0 aliphatic carbocycles. The second-order valence-electron chi connectivity index (χ2n) is 4.46. The van der Waals surface area contributed by atoms with Crippen molar-refractivity contribution < 1.29 is 0 Å². The lowest BCUT2D eigenvalue weighted by Gasteiger charge is -2.09. The van der Waals surface area contributed by atoms with Gasteiger partial charge >= 0.3 is 0 Å². The molecule has 0 fully saturated rings. The van der Waals surface area contributed by atoms with Crippen LogP contribution < -0.4 is 5.73 Å². The molecular weight excluding hydrogens is 236 g/mol. The Morgan fingerprint density at radius 3 is 2.84 bits per heavy atom. The summed E-state index contributed by atoms with van der Waals surface area (Å²) < 4.78 is 2.04. The molecule has 0 unspecified atom stereocenters. The van der Waals surface area contributed by atoms with Gasteiger partial charge in [0.2, 0.25) is 0 Å². The third-order valence-electron chi connectivity index (χ3n) is 3.00. The van der Waals surface area contributed by atoms with Crippen LogP contribution in [-0.4, -0.2) is 14.5 Å². The van der Waals surface area contributed by atoms with E-state index in [-0.39, 0.29) is 0 Å². The largest absolute Gasteiger partial charge is 0.384 e. The zero-order valence-corrected chi connectivity index (χ0v) is 10.6. The molecule has 0 amide bonds. The molecule has 0 spiro atoms. The molecule has 0 atom stereocenters. The smallest absolute Gasteiger partial charge is 0.123 e. The van der Waals surface area contributed by atoms with Crippen molar-refractivity contribution >= 4 is 5.82 Å². The van der Waals surface area contributed by atoms with Crippen molar-refractivity contribution in [3.8, 4) is 16.9 Å². The number of imidazole rings is 1. The van der Waals surface area contributed by atoms with E-state index >= 15 is 0 Å². The minimum Gasteiger partial charge on any atom is -0.384 e. The average Bonchev–Trinajstić information content (AvgIpc) is 2.88. The summed E-state index contributed by atoms with van der Waals surface area (Å²) in [5.41, 5.74) is 10.0. The number of pyridine rings is 1. The normalized spacial score (nSPS) is 10.6. The number of rotatable bonds is 2. The summed E-state index contributed by atoms with van der Waals surface area (Å²) in [5.74, 6) is 0.509. The second kappa shape index (κ2) is 4.57. The molecule has 2 heterocycles. The SMILES string of the molecule is Cc1cccc(-n2cncc2-c2ccnc(N)c2)c1. The number of aryl methyl sites for hydroxylation is 1. The second-order valence-corrected chi connectivity index (χ2v) is 4.46. The third kappa shape index (κ3) is 2.20. The number of nitrogens with zero attached hydrogens (tertiary/aromatic N) is 3. The van der Waals surface area contributed by atoms with Gasteiger partial charge in [-0.05, 0) is 36.8 Å². The summed E-state index contributed by atoms with van der Waals surface area (Å²) in [6.45, 7) is 2.07. The van der Waals surface area contributed by atoms with Crippen molar-refractivity contribution in [1.29, 1.82) is 0 Å². The van der Waals surface area contributed by atoms with E-state index in [1.165, 1.54) is 5.56 Å². The highest BCUT2D eigenvalue weighted by atomic mass is 15.0. The summed E-state index contributed by atoms with van der Waals surface area (Å²) in [6, 6.07) is 12.1. The van der Waals surface area contributed by atoms with Gasteiger partial charge in [0.05, 0.1) is 18.2 Å². The van der Waals surface area contributed by atoms with Crippen LogP contribution in [0.2, 0.25) is 0 Å². The highest BCUT2D eigenvalue weighted by molar-refractivity contribution is 5.64. The summed E-state index contributed by atoms with van der Waals surface area (Å²) >= 11 is 0. The maximum absolute atomic E-state index is 5.74. The summed E-state index contributed by atoms with van der Waals surface area (Å²) in [7, 11) is 0. The molecule has 0 bridgehead atoms. The number of nitrogen functional groups attached to an aromatic ring is 1. The molecule has 0 aliphatic heterocycles. The predicted octanol–water partition coefficient (Wildman–Crippen LogP) is 2.82. The molecule has 0 radical (unpaired) electrons. The average molecular weight is 250 g/mol. The zero-order chi connectivity index (χ0) is 13.2. The van der Waals surface area contributed by atoms with Crippen LogP contribution >= 0.6 is 0 Å². The minimum atomic E-state index is 0.509. The Kier molecular flexibility index (Phi) is 2.76. The molecule has 1 aromatic carbocycles. The predicted molar refractivity (Wildman–Crippen MR) is 75.9 cm³/mol. The lowest BCUT2D eigenvalue weighted by Crippen LogP contribution is -1.97. The molecular formula is C15H14N4. The molecule has 19 heavy (non-hydrogen) atoms. The van der Waals surface area contributed by atoms with E-state index in [0.717, 1.165) is 16.9 Å². The maximum Gasteiger partial charge on any atom is 0.123 e. The van der Waals surface area contributed by atoms with Crippen molar-refractivity contribution in [2.45, 2.75) is 6.92 Å². The van der Waals surface area contributed by atoms with Gasteiger partial charge in [-0.1, -0.05) is 12.1 Å². The van der Waals surface area contributed by atoms with E-state index < -0.39 is 0 Å². The molecule has 94 valence electrons. The molecule has 3 aromatic rings. The lowest BCUT2D eigenvalue weighted by atomic mass is 10.2. The Balaban J connectivity index is 2.13. The van der Waals surface area contributed by atoms with E-state index in [9.17, 15) is 0 Å². The van der Waals surface area contributed by atoms with E-state index in [0.29, 0.717) is 5.82 Å². The van der Waals surface area contributed by atoms with Crippen LogP contribution in [0.3, 0.4) is 0 Å². The van der Waals surface area contributed by atoms with Crippen molar-refractivity contribution in [2.24, 2.45) is 0 Å². The number of aromatic nitrogens is 3. The Labute approximate surface area is 111 Å². The maximum atomic E-state index is 5.74. The van der Waals surface area contributed by atoms with Crippen molar-refractivity contribution in [3.63, 3.8) is 0 Å². The Morgan fingerprint density at radius 2 is 2.05 bits per heavy atom. The minimum absolute atomic E-state index is 0.509. The van der Waals surface area contributed by atoms with Gasteiger partial charge in [-0.15, -0.1) is 0 Å². The first kappa shape index (κ1) is 11.5. The zero-order valence-electron chi connectivity index (χ0n) is 10.6. The standard InChI is InChI=1S/C15H14N4/c1-11-3-2-4-13(7-11)19-10-17-9-14(19)12-5-6-18-15(16)8-12/h2-10H,1H3,(H2,16,18). The van der Waals surface area contributed by atoms with Crippen molar-refractivity contribution in [1.82, 2.24) is 14.5 Å². The van der Waals surface area contributed by atoms with Gasteiger partial charge in [0.1, 0.15) is 5.82 Å². The van der Waals surface area contributed by atoms with Gasteiger partial charge in [-0.3, -0.25) is 4.57 Å². The van der Waals surface area contributed by atoms with Crippen molar-refractivity contribution in [2.75, 3.05) is 5.73 Å². The quantitative estimate of drug-likeness (QED) is 0.760. The first-order valence-corrected chi connectivity index (χ1v) is 6.05. The summed E-state index contributed by atoms with van der Waals surface area (Å²) in [6.07, 6.45) is 5.34. The van der Waals surface area contributed by atoms with Gasteiger partial charge in [0, 0.05) is 17.4 Å². The Morgan fingerprint density at radius 1 is 1.16 bits per heavy atom. The van der Waals surface area contributed by atoms with Crippen LogP contribution in [0.15, 0.2) is 55.1 Å². The van der Waals surface area contributed by atoms with Gasteiger partial charge < -0.3 is 5.73 Å². The third-order valence-corrected chi connectivity index (χ3v) is 3.00. The number of hydrogen-bond acceptors (Lipinski definition) is 3. The monoisotopic (exact) mass is 250 g/mol. The van der Waals surface area contributed by atoms with E-state index in [1.807, 2.05) is 29.0 Å². The van der Waals surface area contributed by atoms with Gasteiger partial charge in [-0.2, -0.15) is 0 Å². The number of anilines is 1. The Hall–Kier alpha value is -2.62. The van der Waals surface area contributed by atoms with Gasteiger partial charge in [0.15, 0.2) is 0 Å². The fraction of sp³-hybridized carbons (Fsp3) is 0.0667. The van der Waals surface area contributed by atoms with E-state index in [4.69, 9.17) is 5.73 Å². The first-order chi connectivity index (χ1) is 9.24. The molecule has 4 heteroatoms. The number of benzene rings is 1. The number of hydrogen-bond donors (Lipinski definition) is 1. The van der Waals surface area contributed by atoms with Crippen LogP contribution in [0.25, 0.3) is 16.9 Å². The van der Waals surface area contributed by atoms with E-state index in [2.05, 4.69) is 35.1 Å². The molecule has 2 N–H and O–H groups in total. The van der Waals surface area contributed by atoms with Crippen molar-refractivity contribution in [3.05, 3.63) is 60.7 Å². The van der Waals surface area contributed by atoms with E-state index in [1.54, 1.807) is 12.5 Å². The molecule has 0 aliphatic rings. The van der Waals surface area contributed by atoms with Crippen LogP contribution in [0.5, 0.6) is 0 Å². The van der Waals surface area contributed by atoms with Crippen LogP contribution in [0.1, 0.15) is 5.56 Å². The molecule has 2 aromatic heterocycles. The Bertz CT molecular complexity index is 655. The number of nitrogens with two attached hydrogens (primary N) is 1. The molecule has 4 nitrogen and oxygen atoms in total. The lowest BCUT2D eigenvalue weighted by molar-refractivity contribution is 1.06. The topological polar surface area (TPSA) is 56.7 Å². The molecule has 0 saturated carbocycles. The highest BCUT2D eigenvalue weighted by Gasteiger charge is 2.07. The fourth-order valence-corrected chi connectivity index (χ4v) is 2.10. The first-order valence-electron chi connectivity index (χ1n) is 6.05. The van der Waals surface area contributed by atoms with Crippen LogP contribution in [0, 0.1) is 6.92 Å². The van der Waals surface area contributed by atoms with Gasteiger partial charge in [0.25, 0.3) is 0 Å². The fourth-order valence-electron chi connectivity index (χ4n) is 2.10. The summed E-state index contributed by atoms with van der Waals surface area (Å²) in [4.78, 5) is 8.25. The highest BCUT2D eigenvalue weighted by Crippen LogP contribution is 2.23. The molecule has 0 saturated heterocycles.